The monoisotopic (exact) mass is 505 g/mol. The number of aryl methyl sites for hydroxylation is 1. The van der Waals surface area contributed by atoms with E-state index in [2.05, 4.69) is 15.6 Å². The number of nitrogens with one attached hydrogen (secondary N) is 2. The van der Waals surface area contributed by atoms with Gasteiger partial charge < -0.3 is 15.4 Å². The third-order valence-corrected chi connectivity index (χ3v) is 6.92. The molecule has 0 radical (unpaired) electrons. The number of rotatable bonds is 5. The molecule has 0 fully saturated rings. The molecule has 0 aliphatic heterocycles. The predicted octanol–water partition coefficient (Wildman–Crippen LogP) is 6.73. The van der Waals surface area contributed by atoms with Crippen molar-refractivity contribution < 1.29 is 22.7 Å². The number of halogens is 3. The number of hydrogen-bond acceptors (Lipinski definition) is 3. The first-order valence-electron chi connectivity index (χ1n) is 12.0. The summed E-state index contributed by atoms with van der Waals surface area (Å²) in [6, 6.07) is 18.0. The van der Waals surface area contributed by atoms with Crippen LogP contribution in [0.5, 0.6) is 5.75 Å². The normalized spacial score (nSPS) is 17.2. The van der Waals surface area contributed by atoms with Crippen molar-refractivity contribution >= 4 is 22.5 Å². The maximum atomic E-state index is 13.4. The average molecular weight is 506 g/mol. The van der Waals surface area contributed by atoms with Crippen LogP contribution in [0.3, 0.4) is 0 Å². The third kappa shape index (κ3) is 5.38. The van der Waals surface area contributed by atoms with E-state index in [-0.39, 0.29) is 18.0 Å². The number of pyridine rings is 1. The van der Waals surface area contributed by atoms with Crippen LogP contribution in [-0.4, -0.2) is 24.2 Å². The molecule has 2 N–H and O–H groups in total. The van der Waals surface area contributed by atoms with E-state index in [0.717, 1.165) is 40.1 Å². The number of urea groups is 1. The van der Waals surface area contributed by atoms with Gasteiger partial charge in [-0.15, -0.1) is 0 Å². The zero-order chi connectivity index (χ0) is 26.0. The molecule has 0 spiro atoms. The lowest BCUT2D eigenvalue weighted by Gasteiger charge is -2.35. The zero-order valence-electron chi connectivity index (χ0n) is 20.2. The Balaban J connectivity index is 1.42. The maximum absolute atomic E-state index is 13.4. The fourth-order valence-corrected chi connectivity index (χ4v) is 5.13. The topological polar surface area (TPSA) is 63.2 Å². The van der Waals surface area contributed by atoms with E-state index in [4.69, 9.17) is 4.74 Å². The SMILES string of the molecule is COc1ccc2c(c1)CCC(NC(=O)Nc1cccc3cnccc13)C2Cc1cccc(C(F)(F)F)c1. The second-order valence-corrected chi connectivity index (χ2v) is 9.22. The van der Waals surface area contributed by atoms with E-state index in [1.54, 1.807) is 25.6 Å². The highest BCUT2D eigenvalue weighted by molar-refractivity contribution is 6.01. The zero-order valence-corrected chi connectivity index (χ0v) is 20.2. The number of alkyl halides is 3. The van der Waals surface area contributed by atoms with Crippen LogP contribution in [0.15, 0.2) is 79.1 Å². The number of fused-ring (bicyclic) bond motifs is 2. The molecule has 1 aromatic heterocycles. The standard InChI is InChI=1S/C29H26F3N3O2/c1-37-22-9-10-23-19(16-22)8-11-27(25(23)15-18-4-2-6-21(14-18)29(30,31)32)35-28(36)34-26-7-3-5-20-17-33-13-12-24(20)26/h2-7,9-10,12-14,16-17,25,27H,8,11,15H2,1H3,(H2,34,35,36). The number of amides is 2. The van der Waals surface area contributed by atoms with Gasteiger partial charge in [-0.3, -0.25) is 4.98 Å². The number of benzene rings is 3. The van der Waals surface area contributed by atoms with Gasteiger partial charge in [0.15, 0.2) is 0 Å². The van der Waals surface area contributed by atoms with Crippen molar-refractivity contribution in [1.82, 2.24) is 10.3 Å². The van der Waals surface area contributed by atoms with Gasteiger partial charge in [0.25, 0.3) is 0 Å². The van der Waals surface area contributed by atoms with E-state index in [1.807, 2.05) is 42.5 Å². The molecule has 0 saturated carbocycles. The summed E-state index contributed by atoms with van der Waals surface area (Å²) in [7, 11) is 1.60. The van der Waals surface area contributed by atoms with Crippen LogP contribution in [-0.2, 0) is 19.0 Å². The Morgan fingerprint density at radius 2 is 1.92 bits per heavy atom. The molecule has 5 rings (SSSR count). The highest BCUT2D eigenvalue weighted by Crippen LogP contribution is 2.37. The van der Waals surface area contributed by atoms with Crippen LogP contribution >= 0.6 is 0 Å². The van der Waals surface area contributed by atoms with Crippen LogP contribution in [0.4, 0.5) is 23.7 Å². The minimum absolute atomic E-state index is 0.208. The molecule has 190 valence electrons. The van der Waals surface area contributed by atoms with Crippen molar-refractivity contribution in [2.45, 2.75) is 37.4 Å². The molecule has 8 heteroatoms. The Labute approximate surface area is 212 Å². The first-order chi connectivity index (χ1) is 17.8. The van der Waals surface area contributed by atoms with Gasteiger partial charge in [-0.05, 0) is 66.3 Å². The van der Waals surface area contributed by atoms with Crippen LogP contribution in [0, 0.1) is 0 Å². The highest BCUT2D eigenvalue weighted by atomic mass is 19.4. The Bertz CT molecular complexity index is 1430. The molecule has 2 unspecified atom stereocenters. The van der Waals surface area contributed by atoms with Crippen molar-refractivity contribution in [3.63, 3.8) is 0 Å². The summed E-state index contributed by atoms with van der Waals surface area (Å²) in [5.74, 6) is 0.520. The Hall–Kier alpha value is -4.07. The molecule has 4 aromatic rings. The molecule has 1 aliphatic carbocycles. The van der Waals surface area contributed by atoms with E-state index in [1.165, 1.54) is 12.1 Å². The molecule has 3 aromatic carbocycles. The van der Waals surface area contributed by atoms with Gasteiger partial charge in [0.2, 0.25) is 0 Å². The van der Waals surface area contributed by atoms with Gasteiger partial charge in [0.1, 0.15) is 5.75 Å². The number of anilines is 1. The number of hydrogen-bond donors (Lipinski definition) is 2. The molecule has 1 aliphatic rings. The minimum Gasteiger partial charge on any atom is -0.497 e. The number of ether oxygens (including phenoxy) is 1. The van der Waals surface area contributed by atoms with E-state index in [9.17, 15) is 18.0 Å². The molecule has 0 bridgehead atoms. The number of carbonyl (C=O) groups is 1. The fourth-order valence-electron chi connectivity index (χ4n) is 5.13. The van der Waals surface area contributed by atoms with Crippen LogP contribution in [0.1, 0.15) is 34.6 Å². The van der Waals surface area contributed by atoms with E-state index < -0.39 is 11.7 Å². The van der Waals surface area contributed by atoms with Crippen molar-refractivity contribution in [3.05, 3.63) is 101 Å². The second-order valence-electron chi connectivity index (χ2n) is 9.22. The molecule has 5 nitrogen and oxygen atoms in total. The maximum Gasteiger partial charge on any atom is 0.416 e. The summed E-state index contributed by atoms with van der Waals surface area (Å²) in [4.78, 5) is 17.2. The Morgan fingerprint density at radius 3 is 2.73 bits per heavy atom. The van der Waals surface area contributed by atoms with Crippen LogP contribution in [0.2, 0.25) is 0 Å². The molecular formula is C29H26F3N3O2. The summed E-state index contributed by atoms with van der Waals surface area (Å²) in [6.45, 7) is 0. The van der Waals surface area contributed by atoms with E-state index >= 15 is 0 Å². The van der Waals surface area contributed by atoms with Crippen LogP contribution < -0.4 is 15.4 Å². The van der Waals surface area contributed by atoms with Gasteiger partial charge in [0.05, 0.1) is 18.4 Å². The average Bonchev–Trinajstić information content (AvgIpc) is 2.89. The van der Waals surface area contributed by atoms with Gasteiger partial charge in [-0.25, -0.2) is 4.79 Å². The smallest absolute Gasteiger partial charge is 0.416 e. The minimum atomic E-state index is -4.42. The molecule has 2 amide bonds. The second kappa shape index (κ2) is 10.1. The van der Waals surface area contributed by atoms with Gasteiger partial charge in [0, 0.05) is 35.1 Å². The summed E-state index contributed by atoms with van der Waals surface area (Å²) >= 11 is 0. The number of carbonyl (C=O) groups excluding carboxylic acids is 1. The molecule has 37 heavy (non-hydrogen) atoms. The summed E-state index contributed by atoms with van der Waals surface area (Å²) in [6.07, 6.45) is 0.708. The number of methoxy groups -OCH3 is 1. The van der Waals surface area contributed by atoms with Gasteiger partial charge in [-0.1, -0.05) is 36.4 Å². The van der Waals surface area contributed by atoms with Gasteiger partial charge >= 0.3 is 12.2 Å². The quantitative estimate of drug-likeness (QED) is 0.316. The lowest BCUT2D eigenvalue weighted by Crippen LogP contribution is -2.44. The highest BCUT2D eigenvalue weighted by Gasteiger charge is 2.33. The molecular weight excluding hydrogens is 479 g/mol. The van der Waals surface area contributed by atoms with Gasteiger partial charge in [-0.2, -0.15) is 13.2 Å². The predicted molar refractivity (Wildman–Crippen MR) is 137 cm³/mol. The summed E-state index contributed by atoms with van der Waals surface area (Å²) in [5, 5.41) is 7.81. The van der Waals surface area contributed by atoms with E-state index in [0.29, 0.717) is 24.1 Å². The lowest BCUT2D eigenvalue weighted by atomic mass is 9.76. The van der Waals surface area contributed by atoms with Crippen molar-refractivity contribution in [2.75, 3.05) is 12.4 Å². The lowest BCUT2D eigenvalue weighted by molar-refractivity contribution is -0.137. The third-order valence-electron chi connectivity index (χ3n) is 6.92. The van der Waals surface area contributed by atoms with Crippen molar-refractivity contribution in [2.24, 2.45) is 0 Å². The Kier molecular flexibility index (Phi) is 6.74. The first-order valence-corrected chi connectivity index (χ1v) is 12.0. The summed E-state index contributed by atoms with van der Waals surface area (Å²) < 4.78 is 45.4. The summed E-state index contributed by atoms with van der Waals surface area (Å²) in [5.41, 5.74) is 2.64. The molecule has 0 saturated heterocycles. The van der Waals surface area contributed by atoms with Crippen molar-refractivity contribution in [3.8, 4) is 5.75 Å². The van der Waals surface area contributed by atoms with Crippen molar-refractivity contribution in [1.29, 1.82) is 0 Å². The molecule has 1 heterocycles. The molecule has 2 atom stereocenters. The fraction of sp³-hybridized carbons (Fsp3) is 0.241. The largest absolute Gasteiger partial charge is 0.497 e. The van der Waals surface area contributed by atoms with Crippen LogP contribution in [0.25, 0.3) is 10.8 Å². The Morgan fingerprint density at radius 1 is 1.08 bits per heavy atom. The number of aromatic nitrogens is 1. The number of nitrogens with zero attached hydrogens (tertiary/aromatic N) is 1. The first kappa shape index (κ1) is 24.6.